The van der Waals surface area contributed by atoms with Crippen LogP contribution < -0.4 is 5.73 Å². The zero-order valence-electron chi connectivity index (χ0n) is 10.3. The number of nitrogen functional groups attached to an aromatic ring is 1. The van der Waals surface area contributed by atoms with E-state index in [1.807, 2.05) is 17.0 Å². The smallest absolute Gasteiger partial charge is 0.201 e. The second kappa shape index (κ2) is 4.10. The molecule has 2 aromatic heterocycles. The van der Waals surface area contributed by atoms with Gasteiger partial charge in [0.2, 0.25) is 5.95 Å². The Balaban J connectivity index is 2.11. The highest BCUT2D eigenvalue weighted by molar-refractivity contribution is 7.09. The summed E-state index contributed by atoms with van der Waals surface area (Å²) in [5.74, 6) is 0.559. The van der Waals surface area contributed by atoms with Crippen LogP contribution in [-0.4, -0.2) is 14.5 Å². The van der Waals surface area contributed by atoms with Gasteiger partial charge in [-0.1, -0.05) is 6.07 Å². The lowest BCUT2D eigenvalue weighted by Gasteiger charge is -2.05. The molecule has 4 nitrogen and oxygen atoms in total. The van der Waals surface area contributed by atoms with Gasteiger partial charge in [0.25, 0.3) is 0 Å². The van der Waals surface area contributed by atoms with Crippen LogP contribution in [0.2, 0.25) is 0 Å². The lowest BCUT2D eigenvalue weighted by Crippen LogP contribution is -2.04. The SMILES string of the molecule is Cc1ccc2c(c1)nc(N)n2Cc1scnc1C. The van der Waals surface area contributed by atoms with Crippen molar-refractivity contribution < 1.29 is 0 Å². The maximum absolute atomic E-state index is 6.01. The first-order valence-electron chi connectivity index (χ1n) is 5.76. The molecular weight excluding hydrogens is 244 g/mol. The Morgan fingerprint density at radius 1 is 1.33 bits per heavy atom. The standard InChI is InChI=1S/C13H14N4S/c1-8-3-4-11-10(5-8)16-13(14)17(11)6-12-9(2)15-7-18-12/h3-5,7H,6H2,1-2H3,(H2,14,16). The first-order chi connectivity index (χ1) is 8.65. The highest BCUT2D eigenvalue weighted by Gasteiger charge is 2.10. The van der Waals surface area contributed by atoms with Gasteiger partial charge in [0.1, 0.15) is 0 Å². The van der Waals surface area contributed by atoms with Gasteiger partial charge in [0, 0.05) is 4.88 Å². The van der Waals surface area contributed by atoms with Crippen LogP contribution in [0, 0.1) is 13.8 Å². The second-order valence-electron chi connectivity index (χ2n) is 4.41. The Hall–Kier alpha value is -1.88. The summed E-state index contributed by atoms with van der Waals surface area (Å²) in [5.41, 5.74) is 12.2. The molecule has 0 spiro atoms. The number of nitrogens with two attached hydrogens (primary N) is 1. The monoisotopic (exact) mass is 258 g/mol. The number of hydrogen-bond acceptors (Lipinski definition) is 4. The zero-order chi connectivity index (χ0) is 12.7. The third kappa shape index (κ3) is 1.76. The normalized spacial score (nSPS) is 11.2. The van der Waals surface area contributed by atoms with Gasteiger partial charge in [-0.25, -0.2) is 9.97 Å². The number of aryl methyl sites for hydroxylation is 2. The molecule has 2 N–H and O–H groups in total. The van der Waals surface area contributed by atoms with E-state index in [1.54, 1.807) is 11.3 Å². The van der Waals surface area contributed by atoms with Crippen molar-refractivity contribution in [3.05, 3.63) is 39.8 Å². The van der Waals surface area contributed by atoms with Crippen LogP contribution in [-0.2, 0) is 6.54 Å². The molecule has 1 aromatic carbocycles. The van der Waals surface area contributed by atoms with Crippen LogP contribution in [0.3, 0.4) is 0 Å². The van der Waals surface area contributed by atoms with Gasteiger partial charge in [-0.05, 0) is 31.5 Å². The number of aromatic nitrogens is 3. The van der Waals surface area contributed by atoms with Crippen LogP contribution in [0.25, 0.3) is 11.0 Å². The van der Waals surface area contributed by atoms with Gasteiger partial charge in [0.05, 0.1) is 28.8 Å². The van der Waals surface area contributed by atoms with E-state index in [0.29, 0.717) is 5.95 Å². The van der Waals surface area contributed by atoms with Gasteiger partial charge in [-0.3, -0.25) is 0 Å². The summed E-state index contributed by atoms with van der Waals surface area (Å²) in [6, 6.07) is 6.21. The predicted molar refractivity (Wildman–Crippen MR) is 74.8 cm³/mol. The van der Waals surface area contributed by atoms with Gasteiger partial charge < -0.3 is 10.3 Å². The van der Waals surface area contributed by atoms with Crippen molar-refractivity contribution in [3.8, 4) is 0 Å². The van der Waals surface area contributed by atoms with Crippen molar-refractivity contribution in [2.45, 2.75) is 20.4 Å². The molecule has 3 aromatic rings. The topological polar surface area (TPSA) is 56.7 Å². The minimum Gasteiger partial charge on any atom is -0.369 e. The molecule has 5 heteroatoms. The largest absolute Gasteiger partial charge is 0.369 e. The molecule has 0 bridgehead atoms. The molecule has 2 heterocycles. The summed E-state index contributed by atoms with van der Waals surface area (Å²) in [5, 5.41) is 0. The van der Waals surface area contributed by atoms with Crippen molar-refractivity contribution in [2.75, 3.05) is 5.73 Å². The second-order valence-corrected chi connectivity index (χ2v) is 5.35. The minimum atomic E-state index is 0.559. The number of fused-ring (bicyclic) bond motifs is 1. The molecule has 3 rings (SSSR count). The fourth-order valence-corrected chi connectivity index (χ4v) is 2.81. The summed E-state index contributed by atoms with van der Waals surface area (Å²) in [6.45, 7) is 4.81. The van der Waals surface area contributed by atoms with Crippen LogP contribution in [0.1, 0.15) is 16.1 Å². The van der Waals surface area contributed by atoms with Crippen LogP contribution in [0.4, 0.5) is 5.95 Å². The van der Waals surface area contributed by atoms with E-state index in [2.05, 4.69) is 35.1 Å². The quantitative estimate of drug-likeness (QED) is 0.769. The molecule has 0 aliphatic rings. The van der Waals surface area contributed by atoms with E-state index in [9.17, 15) is 0 Å². The first-order valence-corrected chi connectivity index (χ1v) is 6.64. The molecule has 0 amide bonds. The molecule has 0 atom stereocenters. The Kier molecular flexibility index (Phi) is 2.56. The molecule has 18 heavy (non-hydrogen) atoms. The number of thiazole rings is 1. The maximum Gasteiger partial charge on any atom is 0.201 e. The molecule has 0 saturated heterocycles. The number of nitrogens with zero attached hydrogens (tertiary/aromatic N) is 3. The van der Waals surface area contributed by atoms with E-state index >= 15 is 0 Å². The first kappa shape index (κ1) is 11.2. The van der Waals surface area contributed by atoms with E-state index < -0.39 is 0 Å². The summed E-state index contributed by atoms with van der Waals surface area (Å²) < 4.78 is 2.04. The Morgan fingerprint density at radius 3 is 2.89 bits per heavy atom. The maximum atomic E-state index is 6.01. The van der Waals surface area contributed by atoms with Crippen molar-refractivity contribution in [3.63, 3.8) is 0 Å². The Labute approximate surface area is 109 Å². The number of benzene rings is 1. The van der Waals surface area contributed by atoms with Gasteiger partial charge in [-0.2, -0.15) is 0 Å². The lowest BCUT2D eigenvalue weighted by molar-refractivity contribution is 0.843. The van der Waals surface area contributed by atoms with E-state index in [1.165, 1.54) is 10.4 Å². The zero-order valence-corrected chi connectivity index (χ0v) is 11.2. The highest BCUT2D eigenvalue weighted by atomic mass is 32.1. The Morgan fingerprint density at radius 2 is 2.17 bits per heavy atom. The lowest BCUT2D eigenvalue weighted by atomic mass is 10.2. The third-order valence-corrected chi connectivity index (χ3v) is 4.00. The fourth-order valence-electron chi connectivity index (χ4n) is 2.05. The summed E-state index contributed by atoms with van der Waals surface area (Å²) in [7, 11) is 0. The number of anilines is 1. The van der Waals surface area contributed by atoms with Crippen molar-refractivity contribution in [1.82, 2.24) is 14.5 Å². The molecule has 0 saturated carbocycles. The highest BCUT2D eigenvalue weighted by Crippen LogP contribution is 2.22. The van der Waals surface area contributed by atoms with Crippen LogP contribution >= 0.6 is 11.3 Å². The van der Waals surface area contributed by atoms with Gasteiger partial charge in [-0.15, -0.1) is 11.3 Å². The van der Waals surface area contributed by atoms with E-state index in [-0.39, 0.29) is 0 Å². The molecule has 0 fully saturated rings. The van der Waals surface area contributed by atoms with Crippen LogP contribution in [0.15, 0.2) is 23.7 Å². The van der Waals surface area contributed by atoms with E-state index in [4.69, 9.17) is 5.73 Å². The summed E-state index contributed by atoms with van der Waals surface area (Å²) >= 11 is 1.65. The Bertz CT molecular complexity index is 711. The van der Waals surface area contributed by atoms with E-state index in [0.717, 1.165) is 23.3 Å². The number of hydrogen-bond donors (Lipinski definition) is 1. The predicted octanol–water partition coefficient (Wildman–Crippen LogP) is 2.74. The molecule has 92 valence electrons. The molecular formula is C13H14N4S. The van der Waals surface area contributed by atoms with Crippen molar-refractivity contribution in [1.29, 1.82) is 0 Å². The average molecular weight is 258 g/mol. The van der Waals surface area contributed by atoms with Gasteiger partial charge in [0.15, 0.2) is 0 Å². The molecule has 0 unspecified atom stereocenters. The molecule has 0 radical (unpaired) electrons. The minimum absolute atomic E-state index is 0.559. The third-order valence-electron chi connectivity index (χ3n) is 3.08. The molecule has 0 aliphatic heterocycles. The van der Waals surface area contributed by atoms with Crippen molar-refractivity contribution in [2.24, 2.45) is 0 Å². The molecule has 0 aliphatic carbocycles. The van der Waals surface area contributed by atoms with Gasteiger partial charge >= 0.3 is 0 Å². The van der Waals surface area contributed by atoms with Crippen LogP contribution in [0.5, 0.6) is 0 Å². The summed E-state index contributed by atoms with van der Waals surface area (Å²) in [6.07, 6.45) is 0. The fraction of sp³-hybridized carbons (Fsp3) is 0.231. The number of imidazole rings is 1. The summed E-state index contributed by atoms with van der Waals surface area (Å²) in [4.78, 5) is 9.90. The average Bonchev–Trinajstić information content (AvgIpc) is 2.85. The number of rotatable bonds is 2. The van der Waals surface area contributed by atoms with Crippen molar-refractivity contribution >= 4 is 28.3 Å².